The van der Waals surface area contributed by atoms with E-state index in [1.165, 1.54) is 0 Å². The zero-order chi connectivity index (χ0) is 13.7. The molecule has 0 unspecified atom stereocenters. The molecule has 1 amide bonds. The van der Waals surface area contributed by atoms with Crippen LogP contribution in [0.4, 0.5) is 0 Å². The zero-order valence-electron chi connectivity index (χ0n) is 11.2. The number of rotatable bonds is 5. The second-order valence-corrected chi connectivity index (χ2v) is 4.81. The lowest BCUT2D eigenvalue weighted by molar-refractivity contribution is -0.120. The quantitative estimate of drug-likeness (QED) is 0.897. The van der Waals surface area contributed by atoms with Gasteiger partial charge in [0, 0.05) is 6.07 Å². The van der Waals surface area contributed by atoms with Gasteiger partial charge in [-0.05, 0) is 11.5 Å². The molecule has 0 radical (unpaired) electrons. The Hall–Kier alpha value is -2.10. The third-order valence-electron chi connectivity index (χ3n) is 2.84. The molecular formula is C15H18N2O2. The molecule has 0 aliphatic rings. The summed E-state index contributed by atoms with van der Waals surface area (Å²) in [6, 6.07) is 11.5. The molecule has 2 aromatic rings. The number of amides is 1. The Labute approximate surface area is 112 Å². The molecule has 100 valence electrons. The molecule has 0 bridgehead atoms. The summed E-state index contributed by atoms with van der Waals surface area (Å²) in [6.45, 7) is 4.48. The monoisotopic (exact) mass is 258 g/mol. The minimum Gasteiger partial charge on any atom is -0.359 e. The summed E-state index contributed by atoms with van der Waals surface area (Å²) in [5.41, 5.74) is 1.91. The van der Waals surface area contributed by atoms with Crippen molar-refractivity contribution in [2.24, 2.45) is 0 Å². The first-order valence-corrected chi connectivity index (χ1v) is 6.41. The van der Waals surface area contributed by atoms with Gasteiger partial charge in [0.1, 0.15) is 0 Å². The Morgan fingerprint density at radius 1 is 1.32 bits per heavy atom. The van der Waals surface area contributed by atoms with E-state index in [1.807, 2.05) is 36.4 Å². The lowest BCUT2D eigenvalue weighted by Gasteiger charge is -2.02. The predicted octanol–water partition coefficient (Wildman–Crippen LogP) is 2.66. The van der Waals surface area contributed by atoms with Gasteiger partial charge in [-0.25, -0.2) is 0 Å². The van der Waals surface area contributed by atoms with E-state index in [-0.39, 0.29) is 5.91 Å². The van der Waals surface area contributed by atoms with E-state index in [0.29, 0.717) is 24.6 Å². The lowest BCUT2D eigenvalue weighted by Crippen LogP contribution is -2.24. The molecular weight excluding hydrogens is 240 g/mol. The maximum atomic E-state index is 11.8. The van der Waals surface area contributed by atoms with Crippen LogP contribution in [0.25, 0.3) is 0 Å². The van der Waals surface area contributed by atoms with Crippen molar-refractivity contribution in [3.05, 3.63) is 53.4 Å². The molecule has 4 heteroatoms. The van der Waals surface area contributed by atoms with Gasteiger partial charge < -0.3 is 9.84 Å². The van der Waals surface area contributed by atoms with Gasteiger partial charge in [0.15, 0.2) is 5.76 Å². The highest BCUT2D eigenvalue weighted by Gasteiger charge is 2.09. The van der Waals surface area contributed by atoms with Gasteiger partial charge in [-0.15, -0.1) is 0 Å². The first-order valence-electron chi connectivity index (χ1n) is 6.41. The van der Waals surface area contributed by atoms with E-state index in [0.717, 1.165) is 11.3 Å². The SMILES string of the molecule is CC(C)c1cc(CNC(=O)Cc2ccccc2)on1. The highest BCUT2D eigenvalue weighted by Crippen LogP contribution is 2.13. The number of carbonyl (C=O) groups excluding carboxylic acids is 1. The van der Waals surface area contributed by atoms with Crippen molar-refractivity contribution in [3.63, 3.8) is 0 Å². The van der Waals surface area contributed by atoms with E-state index >= 15 is 0 Å². The normalized spacial score (nSPS) is 10.7. The molecule has 1 heterocycles. The zero-order valence-corrected chi connectivity index (χ0v) is 11.2. The van der Waals surface area contributed by atoms with Crippen LogP contribution in [0.5, 0.6) is 0 Å². The number of hydrogen-bond donors (Lipinski definition) is 1. The van der Waals surface area contributed by atoms with E-state index in [9.17, 15) is 4.79 Å². The number of carbonyl (C=O) groups is 1. The average molecular weight is 258 g/mol. The van der Waals surface area contributed by atoms with Crippen LogP contribution in [-0.4, -0.2) is 11.1 Å². The molecule has 0 spiro atoms. The third-order valence-corrected chi connectivity index (χ3v) is 2.84. The Morgan fingerprint density at radius 3 is 2.68 bits per heavy atom. The lowest BCUT2D eigenvalue weighted by atomic mass is 10.1. The molecule has 0 aliphatic carbocycles. The van der Waals surface area contributed by atoms with E-state index in [1.54, 1.807) is 0 Å². The number of nitrogens with one attached hydrogen (secondary N) is 1. The minimum absolute atomic E-state index is 0.0197. The van der Waals surface area contributed by atoms with Gasteiger partial charge in [0.25, 0.3) is 0 Å². The Kier molecular flexibility index (Phi) is 4.34. The molecule has 1 N–H and O–H groups in total. The van der Waals surface area contributed by atoms with Crippen LogP contribution in [-0.2, 0) is 17.8 Å². The molecule has 0 saturated carbocycles. The van der Waals surface area contributed by atoms with E-state index < -0.39 is 0 Å². The summed E-state index contributed by atoms with van der Waals surface area (Å²) >= 11 is 0. The highest BCUT2D eigenvalue weighted by molar-refractivity contribution is 5.78. The van der Waals surface area contributed by atoms with Gasteiger partial charge in [0.05, 0.1) is 18.7 Å². The van der Waals surface area contributed by atoms with Crippen molar-refractivity contribution in [1.29, 1.82) is 0 Å². The van der Waals surface area contributed by atoms with Crippen LogP contribution in [0, 0.1) is 0 Å². The fourth-order valence-electron chi connectivity index (χ4n) is 1.71. The first-order chi connectivity index (χ1) is 9.15. The summed E-state index contributed by atoms with van der Waals surface area (Å²) in [5, 5.41) is 6.78. The van der Waals surface area contributed by atoms with Gasteiger partial charge >= 0.3 is 0 Å². The van der Waals surface area contributed by atoms with Gasteiger partial charge in [-0.3, -0.25) is 4.79 Å². The van der Waals surface area contributed by atoms with Crippen molar-refractivity contribution in [1.82, 2.24) is 10.5 Å². The molecule has 19 heavy (non-hydrogen) atoms. The number of benzene rings is 1. The van der Waals surface area contributed by atoms with Crippen LogP contribution in [0.1, 0.15) is 36.8 Å². The average Bonchev–Trinajstić information content (AvgIpc) is 2.86. The van der Waals surface area contributed by atoms with Crippen LogP contribution in [0.15, 0.2) is 40.9 Å². The van der Waals surface area contributed by atoms with E-state index in [2.05, 4.69) is 24.3 Å². The van der Waals surface area contributed by atoms with Crippen molar-refractivity contribution in [2.45, 2.75) is 32.7 Å². The number of aromatic nitrogens is 1. The predicted molar refractivity (Wildman–Crippen MR) is 72.6 cm³/mol. The van der Waals surface area contributed by atoms with Crippen molar-refractivity contribution in [3.8, 4) is 0 Å². The van der Waals surface area contributed by atoms with Crippen LogP contribution < -0.4 is 5.32 Å². The van der Waals surface area contributed by atoms with E-state index in [4.69, 9.17) is 4.52 Å². The van der Waals surface area contributed by atoms with Crippen molar-refractivity contribution < 1.29 is 9.32 Å². The van der Waals surface area contributed by atoms with Crippen LogP contribution in [0.2, 0.25) is 0 Å². The Morgan fingerprint density at radius 2 is 2.05 bits per heavy atom. The molecule has 1 aromatic carbocycles. The van der Waals surface area contributed by atoms with Gasteiger partial charge in [-0.2, -0.15) is 0 Å². The molecule has 0 fully saturated rings. The summed E-state index contributed by atoms with van der Waals surface area (Å²) in [7, 11) is 0. The van der Waals surface area contributed by atoms with Gasteiger partial charge in [-0.1, -0.05) is 49.3 Å². The summed E-state index contributed by atoms with van der Waals surface area (Å²) in [6.07, 6.45) is 0.381. The second-order valence-electron chi connectivity index (χ2n) is 4.81. The van der Waals surface area contributed by atoms with Crippen molar-refractivity contribution >= 4 is 5.91 Å². The van der Waals surface area contributed by atoms with Gasteiger partial charge in [0.2, 0.25) is 5.91 Å². The smallest absolute Gasteiger partial charge is 0.224 e. The third kappa shape index (κ3) is 3.95. The fourth-order valence-corrected chi connectivity index (χ4v) is 1.71. The maximum absolute atomic E-state index is 11.8. The minimum atomic E-state index is -0.0197. The standard InChI is InChI=1S/C15H18N2O2/c1-11(2)14-9-13(19-17-14)10-16-15(18)8-12-6-4-3-5-7-12/h3-7,9,11H,8,10H2,1-2H3,(H,16,18). The van der Waals surface area contributed by atoms with Crippen LogP contribution >= 0.6 is 0 Å². The largest absolute Gasteiger partial charge is 0.359 e. The summed E-state index contributed by atoms with van der Waals surface area (Å²) in [4.78, 5) is 11.8. The number of nitrogens with zero attached hydrogens (tertiary/aromatic N) is 1. The molecule has 0 atom stereocenters. The Bertz CT molecular complexity index is 532. The Balaban J connectivity index is 1.83. The highest BCUT2D eigenvalue weighted by atomic mass is 16.5. The van der Waals surface area contributed by atoms with Crippen LogP contribution in [0.3, 0.4) is 0 Å². The maximum Gasteiger partial charge on any atom is 0.224 e. The molecule has 4 nitrogen and oxygen atoms in total. The molecule has 0 saturated heterocycles. The summed E-state index contributed by atoms with van der Waals surface area (Å²) < 4.78 is 5.16. The molecule has 1 aromatic heterocycles. The second kappa shape index (κ2) is 6.18. The fraction of sp³-hybridized carbons (Fsp3) is 0.333. The topological polar surface area (TPSA) is 55.1 Å². The van der Waals surface area contributed by atoms with Crippen molar-refractivity contribution in [2.75, 3.05) is 0 Å². The molecule has 2 rings (SSSR count). The first kappa shape index (κ1) is 13.3. The summed E-state index contributed by atoms with van der Waals surface area (Å²) in [5.74, 6) is 0.997. The molecule has 0 aliphatic heterocycles. The number of hydrogen-bond acceptors (Lipinski definition) is 3.